The van der Waals surface area contributed by atoms with Crippen molar-refractivity contribution >= 4 is 29.3 Å². The van der Waals surface area contributed by atoms with Gasteiger partial charge in [0.15, 0.2) is 5.75 Å². The number of nitrogens with two attached hydrogens (primary N) is 1. The zero-order chi connectivity index (χ0) is 15.3. The largest absolute Gasteiger partial charge is 0.486 e. The maximum absolute atomic E-state index is 11.0. The quantitative estimate of drug-likeness (QED) is 0.811. The number of hydrogen-bond acceptors (Lipinski definition) is 4. The van der Waals surface area contributed by atoms with Crippen molar-refractivity contribution in [3.8, 4) is 5.75 Å². The molecule has 0 radical (unpaired) electrons. The van der Waals surface area contributed by atoms with E-state index >= 15 is 0 Å². The lowest BCUT2D eigenvalue weighted by molar-refractivity contribution is -0.0186. The molecule has 0 saturated carbocycles. The van der Waals surface area contributed by atoms with E-state index in [4.69, 9.17) is 38.4 Å². The van der Waals surface area contributed by atoms with E-state index in [1.54, 1.807) is 6.92 Å². The van der Waals surface area contributed by atoms with Crippen LogP contribution in [-0.2, 0) is 4.74 Å². The Morgan fingerprint density at radius 2 is 2.15 bits per heavy atom. The molecule has 0 bridgehead atoms. The third-order valence-corrected chi connectivity index (χ3v) is 3.01. The van der Waals surface area contributed by atoms with Gasteiger partial charge in [-0.05, 0) is 25.3 Å². The molecule has 20 heavy (non-hydrogen) atoms. The predicted octanol–water partition coefficient (Wildman–Crippen LogP) is 3.67. The highest BCUT2D eigenvalue weighted by atomic mass is 35.5. The minimum absolute atomic E-state index is 0.122. The van der Waals surface area contributed by atoms with Crippen LogP contribution in [0.4, 0.5) is 4.79 Å². The summed E-state index contributed by atoms with van der Waals surface area (Å²) >= 11 is 11.7. The normalized spacial score (nSPS) is 13.9. The summed E-state index contributed by atoms with van der Waals surface area (Å²) in [4.78, 5) is 14.9. The molecular formula is C13H18Cl2N2O3. The van der Waals surface area contributed by atoms with Crippen LogP contribution in [0.3, 0.4) is 0 Å². The lowest BCUT2D eigenvalue weighted by Gasteiger charge is -2.30. The van der Waals surface area contributed by atoms with Gasteiger partial charge in [0.1, 0.15) is 17.4 Å². The number of ether oxygens (including phenoxy) is 2. The Morgan fingerprint density at radius 3 is 2.65 bits per heavy atom. The van der Waals surface area contributed by atoms with Gasteiger partial charge in [-0.25, -0.2) is 9.78 Å². The smallest absolute Gasteiger partial charge is 0.405 e. The third kappa shape index (κ3) is 5.43. The molecule has 0 spiro atoms. The Balaban J connectivity index is 2.77. The first kappa shape index (κ1) is 16.9. The minimum Gasteiger partial charge on any atom is -0.486 e. The van der Waals surface area contributed by atoms with Crippen molar-refractivity contribution in [2.24, 2.45) is 11.7 Å². The molecule has 2 N–H and O–H groups in total. The van der Waals surface area contributed by atoms with E-state index in [2.05, 4.69) is 4.98 Å². The van der Waals surface area contributed by atoms with Crippen LogP contribution in [0, 0.1) is 5.92 Å². The summed E-state index contributed by atoms with van der Waals surface area (Å²) in [7, 11) is 0. The number of aromatic nitrogens is 1. The molecule has 0 aromatic carbocycles. The van der Waals surface area contributed by atoms with Gasteiger partial charge in [0, 0.05) is 0 Å². The Bertz CT molecular complexity index is 483. The van der Waals surface area contributed by atoms with Gasteiger partial charge in [-0.2, -0.15) is 0 Å². The molecule has 1 aromatic heterocycles. The summed E-state index contributed by atoms with van der Waals surface area (Å²) in [5.74, 6) is 0.681. The number of rotatable bonds is 6. The second-order valence-corrected chi connectivity index (χ2v) is 5.99. The monoisotopic (exact) mass is 320 g/mol. The maximum atomic E-state index is 11.0. The Kier molecular flexibility index (Phi) is 5.89. The van der Waals surface area contributed by atoms with E-state index in [0.29, 0.717) is 23.1 Å². The van der Waals surface area contributed by atoms with Crippen molar-refractivity contribution in [2.45, 2.75) is 32.8 Å². The summed E-state index contributed by atoms with van der Waals surface area (Å²) < 4.78 is 10.7. The summed E-state index contributed by atoms with van der Waals surface area (Å²) in [6.45, 7) is 5.91. The average molecular weight is 321 g/mol. The zero-order valence-corrected chi connectivity index (χ0v) is 13.2. The second-order valence-electron chi connectivity index (χ2n) is 5.20. The van der Waals surface area contributed by atoms with Crippen molar-refractivity contribution in [3.05, 3.63) is 22.4 Å². The second kappa shape index (κ2) is 6.99. The Morgan fingerprint density at radius 1 is 1.50 bits per heavy atom. The lowest BCUT2D eigenvalue weighted by Crippen LogP contribution is -2.41. The lowest BCUT2D eigenvalue weighted by atomic mass is 9.95. The molecule has 0 aliphatic rings. The number of amides is 1. The van der Waals surface area contributed by atoms with Crippen LogP contribution in [-0.4, -0.2) is 23.3 Å². The van der Waals surface area contributed by atoms with Crippen LogP contribution in [0.15, 0.2) is 12.3 Å². The van der Waals surface area contributed by atoms with Gasteiger partial charge in [0.05, 0.1) is 11.2 Å². The summed E-state index contributed by atoms with van der Waals surface area (Å²) in [6.07, 6.45) is 1.19. The van der Waals surface area contributed by atoms with Gasteiger partial charge in [0.2, 0.25) is 0 Å². The standard InChI is InChI=1S/C13H18Cl2N2O3/c1-8(2)5-13(3,20-12(16)18)7-19-10-6-17-11(15)4-9(10)14/h4,6,8H,5,7H2,1-3H3,(H2,16,18). The molecule has 1 unspecified atom stereocenters. The van der Waals surface area contributed by atoms with Gasteiger partial charge >= 0.3 is 6.09 Å². The fourth-order valence-corrected chi connectivity index (χ4v) is 2.39. The van der Waals surface area contributed by atoms with Gasteiger partial charge in [0.25, 0.3) is 0 Å². The van der Waals surface area contributed by atoms with Gasteiger partial charge in [-0.1, -0.05) is 37.0 Å². The summed E-state index contributed by atoms with van der Waals surface area (Å²) in [6, 6.07) is 1.48. The van der Waals surface area contributed by atoms with Crippen LogP contribution in [0.2, 0.25) is 10.2 Å². The average Bonchev–Trinajstić information content (AvgIpc) is 2.25. The SMILES string of the molecule is CC(C)CC(C)(COc1cnc(Cl)cc1Cl)OC(N)=O. The molecule has 1 heterocycles. The van der Waals surface area contributed by atoms with E-state index in [1.165, 1.54) is 12.3 Å². The fraction of sp³-hybridized carbons (Fsp3) is 0.538. The number of pyridine rings is 1. The predicted molar refractivity (Wildman–Crippen MR) is 78.3 cm³/mol. The molecule has 0 aliphatic carbocycles. The van der Waals surface area contributed by atoms with Gasteiger partial charge < -0.3 is 15.2 Å². The van der Waals surface area contributed by atoms with Crippen molar-refractivity contribution in [2.75, 3.05) is 6.61 Å². The molecule has 1 aromatic rings. The van der Waals surface area contributed by atoms with Crippen molar-refractivity contribution < 1.29 is 14.3 Å². The van der Waals surface area contributed by atoms with E-state index in [0.717, 1.165) is 0 Å². The highest BCUT2D eigenvalue weighted by Gasteiger charge is 2.30. The number of halogens is 2. The topological polar surface area (TPSA) is 74.4 Å². The van der Waals surface area contributed by atoms with Crippen molar-refractivity contribution in [3.63, 3.8) is 0 Å². The Hall–Kier alpha value is -1.20. The maximum Gasteiger partial charge on any atom is 0.405 e. The van der Waals surface area contributed by atoms with Crippen molar-refractivity contribution in [1.82, 2.24) is 4.98 Å². The summed E-state index contributed by atoms with van der Waals surface area (Å²) in [5, 5.41) is 0.622. The van der Waals surface area contributed by atoms with Gasteiger partial charge in [-0.3, -0.25) is 0 Å². The van der Waals surface area contributed by atoms with Crippen LogP contribution >= 0.6 is 23.2 Å². The summed E-state index contributed by atoms with van der Waals surface area (Å²) in [5.41, 5.74) is 4.27. The first-order chi connectivity index (χ1) is 9.22. The molecule has 5 nitrogen and oxygen atoms in total. The molecule has 1 amide bonds. The molecule has 7 heteroatoms. The molecule has 0 fully saturated rings. The van der Waals surface area contributed by atoms with E-state index in [1.807, 2.05) is 13.8 Å². The fourth-order valence-electron chi connectivity index (χ4n) is 1.97. The highest BCUT2D eigenvalue weighted by Crippen LogP contribution is 2.28. The van der Waals surface area contributed by atoms with E-state index in [-0.39, 0.29) is 11.8 Å². The van der Waals surface area contributed by atoms with Crippen LogP contribution < -0.4 is 10.5 Å². The van der Waals surface area contributed by atoms with Crippen LogP contribution in [0.5, 0.6) is 5.75 Å². The number of carbonyl (C=O) groups is 1. The van der Waals surface area contributed by atoms with Gasteiger partial charge in [-0.15, -0.1) is 0 Å². The molecular weight excluding hydrogens is 303 g/mol. The highest BCUT2D eigenvalue weighted by molar-refractivity contribution is 6.34. The first-order valence-electron chi connectivity index (χ1n) is 6.14. The zero-order valence-electron chi connectivity index (χ0n) is 11.7. The van der Waals surface area contributed by atoms with Crippen LogP contribution in [0.1, 0.15) is 27.2 Å². The number of primary amides is 1. The third-order valence-electron chi connectivity index (χ3n) is 2.51. The van der Waals surface area contributed by atoms with Crippen LogP contribution in [0.25, 0.3) is 0 Å². The van der Waals surface area contributed by atoms with Crippen molar-refractivity contribution in [1.29, 1.82) is 0 Å². The molecule has 112 valence electrons. The number of carbonyl (C=O) groups excluding carboxylic acids is 1. The molecule has 1 rings (SSSR count). The number of hydrogen-bond donors (Lipinski definition) is 1. The van der Waals surface area contributed by atoms with E-state index < -0.39 is 11.7 Å². The van der Waals surface area contributed by atoms with E-state index in [9.17, 15) is 4.79 Å². The first-order valence-corrected chi connectivity index (χ1v) is 6.90. The molecule has 1 atom stereocenters. The Labute approximate surface area is 128 Å². The molecule has 0 aliphatic heterocycles. The molecule has 0 saturated heterocycles. The number of nitrogens with zero attached hydrogens (tertiary/aromatic N) is 1. The minimum atomic E-state index is -0.836.